The molecule has 1 heterocycles. The highest BCUT2D eigenvalue weighted by molar-refractivity contribution is 8.03. The van der Waals surface area contributed by atoms with Crippen molar-refractivity contribution < 1.29 is 0 Å². The molecule has 1 N–H and O–H groups in total. The number of rotatable bonds is 4. The van der Waals surface area contributed by atoms with Gasteiger partial charge in [0.1, 0.15) is 0 Å². The van der Waals surface area contributed by atoms with Crippen LogP contribution < -0.4 is 5.32 Å². The average molecular weight is 273 g/mol. The number of thioether (sulfide) groups is 1. The molecule has 2 unspecified atom stereocenters. The zero-order chi connectivity index (χ0) is 13.1. The van der Waals surface area contributed by atoms with E-state index in [-0.39, 0.29) is 0 Å². The summed E-state index contributed by atoms with van der Waals surface area (Å²) in [6.45, 7) is 3.42. The molecule has 0 fully saturated rings. The molecule has 3 rings (SSSR count). The van der Waals surface area contributed by atoms with Crippen LogP contribution in [0.25, 0.3) is 0 Å². The molecule has 1 aliphatic carbocycles. The van der Waals surface area contributed by atoms with Gasteiger partial charge in [0.2, 0.25) is 0 Å². The molecule has 1 aromatic rings. The van der Waals surface area contributed by atoms with Gasteiger partial charge in [0.25, 0.3) is 0 Å². The first-order chi connectivity index (χ1) is 9.33. The minimum atomic E-state index is 0.689. The van der Waals surface area contributed by atoms with Crippen LogP contribution in [-0.2, 0) is 12.8 Å². The van der Waals surface area contributed by atoms with E-state index in [0.717, 1.165) is 5.25 Å². The van der Waals surface area contributed by atoms with Crippen molar-refractivity contribution >= 4 is 11.8 Å². The summed E-state index contributed by atoms with van der Waals surface area (Å²) < 4.78 is 0. The Balaban J connectivity index is 1.49. The Morgan fingerprint density at radius 2 is 2.32 bits per heavy atom. The summed E-state index contributed by atoms with van der Waals surface area (Å²) in [6.07, 6.45) is 8.63. The van der Waals surface area contributed by atoms with Gasteiger partial charge in [-0.3, -0.25) is 0 Å². The van der Waals surface area contributed by atoms with Gasteiger partial charge in [-0.15, -0.1) is 11.8 Å². The first kappa shape index (κ1) is 13.3. The zero-order valence-corrected chi connectivity index (χ0v) is 12.5. The standard InChI is InChI=1S/C17H23NS/c1-13-4-2-5-14-12-15(7-8-17(13)14)18-10-9-16-6-3-11-19-16/h2-5,11,15-16,18H,6-10,12H2,1H3. The number of hydrogen-bond acceptors (Lipinski definition) is 2. The quantitative estimate of drug-likeness (QED) is 0.894. The maximum atomic E-state index is 3.77. The molecule has 1 aromatic carbocycles. The molecule has 2 atom stereocenters. The van der Waals surface area contributed by atoms with Gasteiger partial charge < -0.3 is 5.32 Å². The fraction of sp³-hybridized carbons (Fsp3) is 0.529. The molecule has 0 saturated heterocycles. The van der Waals surface area contributed by atoms with Gasteiger partial charge in [-0.25, -0.2) is 0 Å². The van der Waals surface area contributed by atoms with Gasteiger partial charge in [-0.2, -0.15) is 0 Å². The predicted molar refractivity (Wildman–Crippen MR) is 84.7 cm³/mol. The Labute approximate surface area is 120 Å². The van der Waals surface area contributed by atoms with Crippen molar-refractivity contribution in [1.29, 1.82) is 0 Å². The zero-order valence-electron chi connectivity index (χ0n) is 11.7. The lowest BCUT2D eigenvalue weighted by atomic mass is 9.86. The fourth-order valence-electron chi connectivity index (χ4n) is 3.24. The topological polar surface area (TPSA) is 12.0 Å². The van der Waals surface area contributed by atoms with Crippen LogP contribution in [-0.4, -0.2) is 17.8 Å². The van der Waals surface area contributed by atoms with E-state index in [9.17, 15) is 0 Å². The van der Waals surface area contributed by atoms with Gasteiger partial charge in [0, 0.05) is 11.3 Å². The smallest absolute Gasteiger partial charge is 0.0135 e. The van der Waals surface area contributed by atoms with Gasteiger partial charge in [0.05, 0.1) is 0 Å². The number of fused-ring (bicyclic) bond motifs is 1. The summed E-state index contributed by atoms with van der Waals surface area (Å²) in [7, 11) is 0. The SMILES string of the molecule is Cc1cccc2c1CCC(NCCC1CC=CS1)C2. The van der Waals surface area contributed by atoms with Gasteiger partial charge >= 0.3 is 0 Å². The highest BCUT2D eigenvalue weighted by atomic mass is 32.2. The molecule has 102 valence electrons. The number of aryl methyl sites for hydroxylation is 1. The second kappa shape index (κ2) is 6.15. The summed E-state index contributed by atoms with van der Waals surface area (Å²) >= 11 is 2.00. The molecule has 2 heteroatoms. The van der Waals surface area contributed by atoms with E-state index in [1.54, 1.807) is 11.1 Å². The van der Waals surface area contributed by atoms with E-state index in [1.165, 1.54) is 44.2 Å². The highest BCUT2D eigenvalue weighted by Gasteiger charge is 2.19. The third kappa shape index (κ3) is 3.24. The molecule has 1 aliphatic heterocycles. The molecule has 0 amide bonds. The Bertz CT molecular complexity index is 458. The van der Waals surface area contributed by atoms with E-state index in [1.807, 2.05) is 11.8 Å². The van der Waals surface area contributed by atoms with Crippen LogP contribution in [0.2, 0.25) is 0 Å². The van der Waals surface area contributed by atoms with Crippen molar-refractivity contribution in [1.82, 2.24) is 5.32 Å². The van der Waals surface area contributed by atoms with Crippen molar-refractivity contribution in [2.45, 2.75) is 50.3 Å². The van der Waals surface area contributed by atoms with Crippen LogP contribution in [0.15, 0.2) is 29.7 Å². The third-order valence-electron chi connectivity index (χ3n) is 4.38. The Kier molecular flexibility index (Phi) is 4.29. The van der Waals surface area contributed by atoms with Crippen molar-refractivity contribution in [3.8, 4) is 0 Å². The fourth-order valence-corrected chi connectivity index (χ4v) is 4.16. The lowest BCUT2D eigenvalue weighted by Gasteiger charge is -2.27. The first-order valence-electron chi connectivity index (χ1n) is 7.44. The second-order valence-electron chi connectivity index (χ2n) is 5.76. The minimum absolute atomic E-state index is 0.689. The third-order valence-corrected chi connectivity index (χ3v) is 5.54. The molecule has 0 saturated carbocycles. The maximum Gasteiger partial charge on any atom is 0.0135 e. The first-order valence-corrected chi connectivity index (χ1v) is 8.38. The largest absolute Gasteiger partial charge is 0.314 e. The summed E-state index contributed by atoms with van der Waals surface area (Å²) in [5, 5.41) is 6.85. The molecule has 0 spiro atoms. The number of benzene rings is 1. The van der Waals surface area contributed by atoms with Gasteiger partial charge in [-0.05, 0) is 67.7 Å². The lowest BCUT2D eigenvalue weighted by Crippen LogP contribution is -2.36. The van der Waals surface area contributed by atoms with Crippen molar-refractivity contribution in [3.63, 3.8) is 0 Å². The second-order valence-corrected chi connectivity index (χ2v) is 6.97. The number of nitrogens with one attached hydrogen (secondary N) is 1. The van der Waals surface area contributed by atoms with Crippen molar-refractivity contribution in [2.75, 3.05) is 6.54 Å². The van der Waals surface area contributed by atoms with Crippen LogP contribution in [0.1, 0.15) is 36.0 Å². The maximum absolute atomic E-state index is 3.77. The summed E-state index contributed by atoms with van der Waals surface area (Å²) in [5.74, 6) is 0. The summed E-state index contributed by atoms with van der Waals surface area (Å²) in [4.78, 5) is 0. The van der Waals surface area contributed by atoms with Crippen LogP contribution >= 0.6 is 11.8 Å². The molecule has 0 bridgehead atoms. The monoisotopic (exact) mass is 273 g/mol. The van der Waals surface area contributed by atoms with E-state index in [0.29, 0.717) is 6.04 Å². The van der Waals surface area contributed by atoms with E-state index in [4.69, 9.17) is 0 Å². The predicted octanol–water partition coefficient (Wildman–Crippen LogP) is 3.85. The van der Waals surface area contributed by atoms with Crippen LogP contribution in [0, 0.1) is 6.92 Å². The average Bonchev–Trinajstić information content (AvgIpc) is 2.92. The van der Waals surface area contributed by atoms with Crippen LogP contribution in [0.5, 0.6) is 0 Å². The van der Waals surface area contributed by atoms with Crippen LogP contribution in [0.4, 0.5) is 0 Å². The highest BCUT2D eigenvalue weighted by Crippen LogP contribution is 2.27. The summed E-state index contributed by atoms with van der Waals surface area (Å²) in [6, 6.07) is 7.45. The van der Waals surface area contributed by atoms with Crippen molar-refractivity contribution in [2.24, 2.45) is 0 Å². The molecular weight excluding hydrogens is 250 g/mol. The minimum Gasteiger partial charge on any atom is -0.314 e. The Hall–Kier alpha value is -0.730. The molecule has 0 aromatic heterocycles. The van der Waals surface area contributed by atoms with E-state index >= 15 is 0 Å². The Morgan fingerprint density at radius 3 is 3.16 bits per heavy atom. The van der Waals surface area contributed by atoms with Gasteiger partial charge in [0.15, 0.2) is 0 Å². The number of hydrogen-bond donors (Lipinski definition) is 1. The van der Waals surface area contributed by atoms with Gasteiger partial charge in [-0.1, -0.05) is 24.3 Å². The van der Waals surface area contributed by atoms with E-state index < -0.39 is 0 Å². The molecule has 19 heavy (non-hydrogen) atoms. The van der Waals surface area contributed by atoms with Crippen LogP contribution in [0.3, 0.4) is 0 Å². The molecule has 0 radical (unpaired) electrons. The number of allylic oxidation sites excluding steroid dienone is 1. The molecule has 1 nitrogen and oxygen atoms in total. The van der Waals surface area contributed by atoms with E-state index in [2.05, 4.69) is 41.9 Å². The van der Waals surface area contributed by atoms with Crippen molar-refractivity contribution in [3.05, 3.63) is 46.4 Å². The lowest BCUT2D eigenvalue weighted by molar-refractivity contribution is 0.452. The Morgan fingerprint density at radius 1 is 1.37 bits per heavy atom. The summed E-state index contributed by atoms with van der Waals surface area (Å²) in [5.41, 5.74) is 4.65. The molecule has 2 aliphatic rings. The normalized spacial score (nSPS) is 25.5. The molecular formula is C17H23NS.